The Labute approximate surface area is 80.4 Å². The van der Waals surface area contributed by atoms with Crippen LogP contribution in [0.4, 0.5) is 0 Å². The lowest BCUT2D eigenvalue weighted by atomic mass is 10.1. The van der Waals surface area contributed by atoms with E-state index >= 15 is 0 Å². The molecule has 1 saturated carbocycles. The van der Waals surface area contributed by atoms with E-state index in [9.17, 15) is 0 Å². The number of alkyl halides is 1. The summed E-state index contributed by atoms with van der Waals surface area (Å²) in [6, 6.07) is 0. The maximum atomic E-state index is 5.89. The van der Waals surface area contributed by atoms with Crippen molar-refractivity contribution in [2.45, 2.75) is 27.2 Å². The van der Waals surface area contributed by atoms with Crippen LogP contribution in [0, 0.1) is 17.3 Å². The summed E-state index contributed by atoms with van der Waals surface area (Å²) < 4.78 is 5.60. The van der Waals surface area contributed by atoms with Crippen molar-refractivity contribution >= 4 is 11.6 Å². The molecule has 0 aliphatic heterocycles. The van der Waals surface area contributed by atoms with Gasteiger partial charge in [0.1, 0.15) is 0 Å². The number of hydrogen-bond acceptors (Lipinski definition) is 1. The van der Waals surface area contributed by atoms with Gasteiger partial charge in [0.15, 0.2) is 0 Å². The first-order valence-corrected chi connectivity index (χ1v) is 5.28. The van der Waals surface area contributed by atoms with Crippen LogP contribution < -0.4 is 0 Å². The van der Waals surface area contributed by atoms with Gasteiger partial charge in [-0.25, -0.2) is 0 Å². The SMILES string of the molecule is CC(C)COCC1(CCl)CC1C. The van der Waals surface area contributed by atoms with Crippen LogP contribution in [0.25, 0.3) is 0 Å². The Bertz CT molecular complexity index is 143. The Morgan fingerprint density at radius 2 is 2.17 bits per heavy atom. The molecule has 1 nitrogen and oxygen atoms in total. The molecule has 0 N–H and O–H groups in total. The summed E-state index contributed by atoms with van der Waals surface area (Å²) in [6.45, 7) is 8.32. The van der Waals surface area contributed by atoms with Crippen LogP contribution in [-0.2, 0) is 4.74 Å². The van der Waals surface area contributed by atoms with E-state index in [4.69, 9.17) is 16.3 Å². The molecular weight excluding hydrogens is 172 g/mol. The molecule has 0 radical (unpaired) electrons. The summed E-state index contributed by atoms with van der Waals surface area (Å²) in [7, 11) is 0. The molecule has 2 atom stereocenters. The average Bonchev–Trinajstić information content (AvgIpc) is 2.62. The molecule has 0 heterocycles. The summed E-state index contributed by atoms with van der Waals surface area (Å²) in [5.74, 6) is 2.15. The third-order valence-electron chi connectivity index (χ3n) is 2.70. The van der Waals surface area contributed by atoms with Gasteiger partial charge in [0.05, 0.1) is 6.61 Å². The highest BCUT2D eigenvalue weighted by atomic mass is 35.5. The molecule has 0 aromatic rings. The lowest BCUT2D eigenvalue weighted by molar-refractivity contribution is 0.0736. The van der Waals surface area contributed by atoms with E-state index in [1.54, 1.807) is 0 Å². The highest BCUT2D eigenvalue weighted by Crippen LogP contribution is 2.53. The van der Waals surface area contributed by atoms with Crippen LogP contribution in [0.3, 0.4) is 0 Å². The van der Waals surface area contributed by atoms with Crippen molar-refractivity contribution in [3.63, 3.8) is 0 Å². The second kappa shape index (κ2) is 3.97. The fraction of sp³-hybridized carbons (Fsp3) is 1.00. The zero-order valence-electron chi connectivity index (χ0n) is 8.27. The molecular formula is C10H19ClO. The summed E-state index contributed by atoms with van der Waals surface area (Å²) in [4.78, 5) is 0. The first-order chi connectivity index (χ1) is 5.60. The van der Waals surface area contributed by atoms with Crippen LogP contribution >= 0.6 is 11.6 Å². The van der Waals surface area contributed by atoms with E-state index in [1.807, 2.05) is 0 Å². The van der Waals surface area contributed by atoms with Gasteiger partial charge in [-0.2, -0.15) is 0 Å². The molecule has 0 saturated heterocycles. The third kappa shape index (κ3) is 2.37. The van der Waals surface area contributed by atoms with E-state index in [2.05, 4.69) is 20.8 Å². The number of ether oxygens (including phenoxy) is 1. The maximum absolute atomic E-state index is 5.89. The third-order valence-corrected chi connectivity index (χ3v) is 3.24. The van der Waals surface area contributed by atoms with Gasteiger partial charge in [0.2, 0.25) is 0 Å². The van der Waals surface area contributed by atoms with Crippen LogP contribution in [0.5, 0.6) is 0 Å². The molecule has 0 spiro atoms. The molecule has 72 valence electrons. The molecule has 1 rings (SSSR count). The molecule has 0 bridgehead atoms. The summed E-state index contributed by atoms with van der Waals surface area (Å²) in [5, 5.41) is 0. The largest absolute Gasteiger partial charge is 0.381 e. The minimum Gasteiger partial charge on any atom is -0.381 e. The molecule has 0 amide bonds. The molecule has 0 aromatic carbocycles. The van der Waals surface area contributed by atoms with Crippen LogP contribution in [-0.4, -0.2) is 19.1 Å². The number of hydrogen-bond donors (Lipinski definition) is 0. The van der Waals surface area contributed by atoms with Crippen molar-refractivity contribution in [3.8, 4) is 0 Å². The van der Waals surface area contributed by atoms with Crippen molar-refractivity contribution in [2.24, 2.45) is 17.3 Å². The van der Waals surface area contributed by atoms with Gasteiger partial charge in [-0.05, 0) is 18.3 Å². The molecule has 1 fully saturated rings. The van der Waals surface area contributed by atoms with Crippen molar-refractivity contribution in [2.75, 3.05) is 19.1 Å². The Morgan fingerprint density at radius 3 is 2.50 bits per heavy atom. The van der Waals surface area contributed by atoms with E-state index in [0.717, 1.165) is 25.0 Å². The number of rotatable bonds is 5. The molecule has 2 unspecified atom stereocenters. The first-order valence-electron chi connectivity index (χ1n) is 4.74. The molecule has 1 aliphatic rings. The van der Waals surface area contributed by atoms with Crippen molar-refractivity contribution in [1.29, 1.82) is 0 Å². The Morgan fingerprint density at radius 1 is 1.58 bits per heavy atom. The minimum atomic E-state index is 0.330. The van der Waals surface area contributed by atoms with E-state index in [1.165, 1.54) is 6.42 Å². The van der Waals surface area contributed by atoms with Crippen molar-refractivity contribution < 1.29 is 4.74 Å². The fourth-order valence-corrected chi connectivity index (χ4v) is 1.92. The van der Waals surface area contributed by atoms with Crippen molar-refractivity contribution in [1.82, 2.24) is 0 Å². The van der Waals surface area contributed by atoms with Gasteiger partial charge < -0.3 is 4.74 Å². The topological polar surface area (TPSA) is 9.23 Å². The number of halogens is 1. The van der Waals surface area contributed by atoms with Crippen LogP contribution in [0.2, 0.25) is 0 Å². The molecule has 1 aliphatic carbocycles. The van der Waals surface area contributed by atoms with Gasteiger partial charge in [-0.3, -0.25) is 0 Å². The molecule has 12 heavy (non-hydrogen) atoms. The second-order valence-electron chi connectivity index (χ2n) is 4.51. The first kappa shape index (κ1) is 10.3. The predicted octanol–water partition coefficient (Wildman–Crippen LogP) is 2.92. The van der Waals surface area contributed by atoms with E-state index in [-0.39, 0.29) is 0 Å². The summed E-state index contributed by atoms with van der Waals surface area (Å²) in [5.41, 5.74) is 0.330. The normalized spacial score (nSPS) is 34.2. The quantitative estimate of drug-likeness (QED) is 0.606. The standard InChI is InChI=1S/C10H19ClO/c1-8(2)5-12-7-10(6-11)4-9(10)3/h8-9H,4-7H2,1-3H3. The predicted molar refractivity (Wildman–Crippen MR) is 52.6 cm³/mol. The van der Waals surface area contributed by atoms with E-state index in [0.29, 0.717) is 11.3 Å². The Hall–Kier alpha value is 0.250. The van der Waals surface area contributed by atoms with Gasteiger partial charge in [-0.1, -0.05) is 20.8 Å². The Balaban J connectivity index is 2.14. The summed E-state index contributed by atoms with van der Waals surface area (Å²) >= 11 is 5.89. The second-order valence-corrected chi connectivity index (χ2v) is 4.78. The van der Waals surface area contributed by atoms with Gasteiger partial charge in [0, 0.05) is 17.9 Å². The Kier molecular flexibility index (Phi) is 3.42. The lowest BCUT2D eigenvalue weighted by Gasteiger charge is -2.14. The van der Waals surface area contributed by atoms with Gasteiger partial charge in [0.25, 0.3) is 0 Å². The zero-order chi connectivity index (χ0) is 9.19. The highest BCUT2D eigenvalue weighted by Gasteiger charge is 2.50. The van der Waals surface area contributed by atoms with Crippen LogP contribution in [0.1, 0.15) is 27.2 Å². The fourth-order valence-electron chi connectivity index (χ4n) is 1.47. The average molecular weight is 191 g/mol. The smallest absolute Gasteiger partial charge is 0.0536 e. The van der Waals surface area contributed by atoms with Crippen molar-refractivity contribution in [3.05, 3.63) is 0 Å². The summed E-state index contributed by atoms with van der Waals surface area (Å²) in [6.07, 6.45) is 1.24. The van der Waals surface area contributed by atoms with Gasteiger partial charge in [-0.15, -0.1) is 11.6 Å². The zero-order valence-corrected chi connectivity index (χ0v) is 9.03. The lowest BCUT2D eigenvalue weighted by Crippen LogP contribution is -2.16. The molecule has 2 heteroatoms. The monoisotopic (exact) mass is 190 g/mol. The highest BCUT2D eigenvalue weighted by molar-refractivity contribution is 6.18. The molecule has 0 aromatic heterocycles. The van der Waals surface area contributed by atoms with Crippen LogP contribution in [0.15, 0.2) is 0 Å². The van der Waals surface area contributed by atoms with Gasteiger partial charge >= 0.3 is 0 Å². The maximum Gasteiger partial charge on any atom is 0.0536 e. The minimum absolute atomic E-state index is 0.330. The van der Waals surface area contributed by atoms with E-state index < -0.39 is 0 Å².